The minimum atomic E-state index is -0.433. The molecule has 1 amide bonds. The smallest absolute Gasteiger partial charge is 0.307 e. The normalized spacial score (nSPS) is 11.9. The Labute approximate surface area is 165 Å². The predicted molar refractivity (Wildman–Crippen MR) is 106 cm³/mol. The van der Waals surface area contributed by atoms with Crippen LogP contribution < -0.4 is 5.32 Å². The zero-order valence-electron chi connectivity index (χ0n) is 14.9. The van der Waals surface area contributed by atoms with Crippen LogP contribution in [0.2, 0.25) is 0 Å². The Kier molecular flexibility index (Phi) is 6.24. The highest BCUT2D eigenvalue weighted by molar-refractivity contribution is 9.10. The zero-order chi connectivity index (χ0) is 19.2. The van der Waals surface area contributed by atoms with Gasteiger partial charge in [0.15, 0.2) is 0 Å². The van der Waals surface area contributed by atoms with Gasteiger partial charge in [-0.2, -0.15) is 0 Å². The second kappa shape index (κ2) is 8.81. The summed E-state index contributed by atoms with van der Waals surface area (Å²) in [6, 6.07) is 14.9. The van der Waals surface area contributed by atoms with Crippen LogP contribution in [0.3, 0.4) is 0 Å². The van der Waals surface area contributed by atoms with Crippen LogP contribution in [-0.4, -0.2) is 28.5 Å². The van der Waals surface area contributed by atoms with Crippen molar-refractivity contribution in [1.29, 1.82) is 0 Å². The molecular formula is C20H20BrN3O3. The van der Waals surface area contributed by atoms with Crippen LogP contribution in [0.25, 0.3) is 11.0 Å². The fourth-order valence-electron chi connectivity index (χ4n) is 2.87. The van der Waals surface area contributed by atoms with Gasteiger partial charge in [-0.1, -0.05) is 40.2 Å². The number of esters is 1. The summed E-state index contributed by atoms with van der Waals surface area (Å²) in [5.74, 6) is -0.506. The lowest BCUT2D eigenvalue weighted by molar-refractivity contribution is -0.141. The number of carbonyl (C=O) groups excluding carboxylic acids is 2. The molecule has 0 saturated heterocycles. The van der Waals surface area contributed by atoms with Crippen LogP contribution in [0, 0.1) is 0 Å². The van der Waals surface area contributed by atoms with Crippen molar-refractivity contribution in [2.45, 2.75) is 25.4 Å². The van der Waals surface area contributed by atoms with Gasteiger partial charge in [-0.05, 0) is 29.8 Å². The SMILES string of the molecule is COC(=O)CC(NC(=O)CCn1cnc2ccccc21)c1ccc(Br)cc1. The standard InChI is InChI=1S/C20H20BrN3O3/c1-27-20(26)12-17(14-6-8-15(21)9-7-14)23-19(25)10-11-24-13-22-16-4-2-3-5-18(16)24/h2-9,13,17H,10-12H2,1H3,(H,23,25). The number of para-hydroxylation sites is 2. The number of nitrogens with one attached hydrogen (secondary N) is 1. The van der Waals surface area contributed by atoms with Gasteiger partial charge < -0.3 is 14.6 Å². The van der Waals surface area contributed by atoms with Gasteiger partial charge in [0.2, 0.25) is 5.91 Å². The number of imidazole rings is 1. The Balaban J connectivity index is 1.66. The number of benzene rings is 2. The molecule has 140 valence electrons. The van der Waals surface area contributed by atoms with Gasteiger partial charge in [0.25, 0.3) is 0 Å². The number of hydrogen-bond donors (Lipinski definition) is 1. The number of halogens is 1. The summed E-state index contributed by atoms with van der Waals surface area (Å²) in [7, 11) is 1.34. The second-order valence-electron chi connectivity index (χ2n) is 6.13. The maximum Gasteiger partial charge on any atom is 0.307 e. The molecule has 0 aliphatic rings. The number of ether oxygens (including phenoxy) is 1. The number of rotatable bonds is 7. The number of methoxy groups -OCH3 is 1. The van der Waals surface area contributed by atoms with Gasteiger partial charge in [-0.25, -0.2) is 4.98 Å². The van der Waals surface area contributed by atoms with Crippen LogP contribution in [0.4, 0.5) is 0 Å². The molecule has 0 aliphatic carbocycles. The number of hydrogen-bond acceptors (Lipinski definition) is 4. The van der Waals surface area contributed by atoms with Crippen LogP contribution in [0.15, 0.2) is 59.3 Å². The summed E-state index contributed by atoms with van der Waals surface area (Å²) in [5, 5.41) is 2.94. The van der Waals surface area contributed by atoms with Crippen molar-refractivity contribution in [2.24, 2.45) is 0 Å². The lowest BCUT2D eigenvalue weighted by Crippen LogP contribution is -2.31. The average molecular weight is 430 g/mol. The molecule has 3 aromatic rings. The van der Waals surface area contributed by atoms with Gasteiger partial charge in [0.1, 0.15) is 0 Å². The summed E-state index contributed by atoms with van der Waals surface area (Å²) in [4.78, 5) is 28.6. The van der Waals surface area contributed by atoms with E-state index in [1.54, 1.807) is 6.33 Å². The Morgan fingerprint density at radius 1 is 1.19 bits per heavy atom. The lowest BCUT2D eigenvalue weighted by atomic mass is 10.0. The van der Waals surface area contributed by atoms with Crippen molar-refractivity contribution in [3.8, 4) is 0 Å². The summed E-state index contributed by atoms with van der Waals surface area (Å²) in [6.45, 7) is 0.512. The van der Waals surface area contributed by atoms with E-state index in [1.165, 1.54) is 7.11 Å². The third kappa shape index (κ3) is 4.95. The molecule has 1 N–H and O–H groups in total. The molecule has 0 aliphatic heterocycles. The number of fused-ring (bicyclic) bond motifs is 1. The van der Waals surface area contributed by atoms with Crippen molar-refractivity contribution < 1.29 is 14.3 Å². The molecule has 0 saturated carbocycles. The van der Waals surface area contributed by atoms with Gasteiger partial charge in [0, 0.05) is 17.4 Å². The number of aromatic nitrogens is 2. The summed E-state index contributed by atoms with van der Waals surface area (Å²) >= 11 is 3.39. The first-order valence-electron chi connectivity index (χ1n) is 8.58. The third-order valence-electron chi connectivity index (χ3n) is 4.31. The molecule has 27 heavy (non-hydrogen) atoms. The highest BCUT2D eigenvalue weighted by atomic mass is 79.9. The minimum absolute atomic E-state index is 0.0812. The molecule has 3 rings (SSSR count). The van der Waals surface area contributed by atoms with Gasteiger partial charge >= 0.3 is 5.97 Å². The predicted octanol–water partition coefficient (Wildman–Crippen LogP) is 3.61. The first-order chi connectivity index (χ1) is 13.1. The molecule has 7 heteroatoms. The summed E-state index contributed by atoms with van der Waals surface area (Å²) in [6.07, 6.45) is 2.10. The molecule has 6 nitrogen and oxygen atoms in total. The summed E-state index contributed by atoms with van der Waals surface area (Å²) < 4.78 is 7.64. The van der Waals surface area contributed by atoms with Gasteiger partial charge in [-0.15, -0.1) is 0 Å². The highest BCUT2D eigenvalue weighted by Gasteiger charge is 2.19. The molecule has 1 heterocycles. The maximum absolute atomic E-state index is 12.5. The zero-order valence-corrected chi connectivity index (χ0v) is 16.5. The average Bonchev–Trinajstić information content (AvgIpc) is 3.09. The number of aryl methyl sites for hydroxylation is 1. The second-order valence-corrected chi connectivity index (χ2v) is 7.04. The first kappa shape index (κ1) is 19.1. The van der Waals surface area contributed by atoms with E-state index in [0.29, 0.717) is 6.54 Å². The van der Waals surface area contributed by atoms with Crippen LogP contribution >= 0.6 is 15.9 Å². The third-order valence-corrected chi connectivity index (χ3v) is 4.84. The highest BCUT2D eigenvalue weighted by Crippen LogP contribution is 2.20. The Hall–Kier alpha value is -2.67. The Bertz CT molecular complexity index is 937. The molecule has 1 atom stereocenters. The molecular weight excluding hydrogens is 410 g/mol. The molecule has 0 spiro atoms. The van der Waals surface area contributed by atoms with Crippen LogP contribution in [-0.2, 0) is 20.9 Å². The maximum atomic E-state index is 12.5. The largest absolute Gasteiger partial charge is 0.469 e. The fourth-order valence-corrected chi connectivity index (χ4v) is 3.14. The Morgan fingerprint density at radius 3 is 2.67 bits per heavy atom. The van der Waals surface area contributed by atoms with Gasteiger partial charge in [0.05, 0.1) is 36.9 Å². The van der Waals surface area contributed by atoms with Crippen LogP contribution in [0.1, 0.15) is 24.4 Å². The van der Waals surface area contributed by atoms with E-state index in [2.05, 4.69) is 26.2 Å². The fraction of sp³-hybridized carbons (Fsp3) is 0.250. The molecule has 1 unspecified atom stereocenters. The van der Waals surface area contributed by atoms with E-state index in [-0.39, 0.29) is 24.7 Å². The minimum Gasteiger partial charge on any atom is -0.469 e. The van der Waals surface area contributed by atoms with E-state index in [0.717, 1.165) is 21.1 Å². The van der Waals surface area contributed by atoms with E-state index in [9.17, 15) is 9.59 Å². The number of nitrogens with zero attached hydrogens (tertiary/aromatic N) is 2. The van der Waals surface area contributed by atoms with Crippen molar-refractivity contribution in [3.63, 3.8) is 0 Å². The quantitative estimate of drug-likeness (QED) is 0.582. The molecule has 0 bridgehead atoms. The monoisotopic (exact) mass is 429 g/mol. The topological polar surface area (TPSA) is 73.2 Å². The van der Waals surface area contributed by atoms with E-state index < -0.39 is 6.04 Å². The van der Waals surface area contributed by atoms with Gasteiger partial charge in [-0.3, -0.25) is 9.59 Å². The van der Waals surface area contributed by atoms with E-state index in [4.69, 9.17) is 4.74 Å². The molecule has 1 aromatic heterocycles. The van der Waals surface area contributed by atoms with Crippen molar-refractivity contribution in [2.75, 3.05) is 7.11 Å². The van der Waals surface area contributed by atoms with Crippen molar-refractivity contribution >= 4 is 38.8 Å². The van der Waals surface area contributed by atoms with E-state index >= 15 is 0 Å². The lowest BCUT2D eigenvalue weighted by Gasteiger charge is -2.18. The molecule has 0 radical (unpaired) electrons. The van der Waals surface area contributed by atoms with Crippen molar-refractivity contribution in [1.82, 2.24) is 14.9 Å². The Morgan fingerprint density at radius 2 is 1.93 bits per heavy atom. The van der Waals surface area contributed by atoms with Crippen LogP contribution in [0.5, 0.6) is 0 Å². The number of amides is 1. The summed E-state index contributed by atoms with van der Waals surface area (Å²) in [5.41, 5.74) is 2.74. The number of carbonyl (C=O) groups is 2. The molecule has 0 fully saturated rings. The van der Waals surface area contributed by atoms with E-state index in [1.807, 2.05) is 53.1 Å². The van der Waals surface area contributed by atoms with Crippen molar-refractivity contribution in [3.05, 3.63) is 64.9 Å². The first-order valence-corrected chi connectivity index (χ1v) is 9.37. The molecule has 2 aromatic carbocycles.